The van der Waals surface area contributed by atoms with Crippen molar-refractivity contribution in [1.82, 2.24) is 19.5 Å². The summed E-state index contributed by atoms with van der Waals surface area (Å²) in [4.78, 5) is 22.7. The standard InChI is InChI=1S/C16H15N5O2/c22-21(23)16-19-9-11-20(16)10-3-4-13-6-8-18-15(12-13)14-5-1-2-7-17-14/h1-2,5-9,11-12H,3-4,10H2. The highest BCUT2D eigenvalue weighted by Gasteiger charge is 2.13. The van der Waals surface area contributed by atoms with E-state index >= 15 is 0 Å². The Morgan fingerprint density at radius 2 is 1.91 bits per heavy atom. The molecule has 0 aliphatic carbocycles. The lowest BCUT2D eigenvalue weighted by Crippen LogP contribution is -2.04. The van der Waals surface area contributed by atoms with E-state index in [4.69, 9.17) is 0 Å². The van der Waals surface area contributed by atoms with Gasteiger partial charge in [0.25, 0.3) is 0 Å². The number of rotatable bonds is 6. The van der Waals surface area contributed by atoms with E-state index in [1.807, 2.05) is 30.3 Å². The zero-order valence-electron chi connectivity index (χ0n) is 12.4. The predicted molar refractivity (Wildman–Crippen MR) is 84.7 cm³/mol. The molecule has 0 aromatic carbocycles. The van der Waals surface area contributed by atoms with Crippen molar-refractivity contribution in [2.75, 3.05) is 0 Å². The minimum absolute atomic E-state index is 0.117. The summed E-state index contributed by atoms with van der Waals surface area (Å²) in [5, 5.41) is 10.8. The number of imidazole rings is 1. The molecule has 0 saturated carbocycles. The number of aryl methyl sites for hydroxylation is 2. The molecule has 7 nitrogen and oxygen atoms in total. The maximum absolute atomic E-state index is 10.8. The molecule has 3 aromatic rings. The third-order valence-corrected chi connectivity index (χ3v) is 3.47. The molecule has 0 N–H and O–H groups in total. The predicted octanol–water partition coefficient (Wildman–Crippen LogP) is 2.88. The molecule has 0 aliphatic heterocycles. The van der Waals surface area contributed by atoms with E-state index in [1.165, 1.54) is 6.20 Å². The summed E-state index contributed by atoms with van der Waals surface area (Å²) in [7, 11) is 0. The zero-order valence-corrected chi connectivity index (χ0v) is 12.4. The van der Waals surface area contributed by atoms with Gasteiger partial charge in [0.1, 0.15) is 12.4 Å². The Hall–Kier alpha value is -3.09. The Kier molecular flexibility index (Phi) is 4.37. The van der Waals surface area contributed by atoms with Crippen LogP contribution >= 0.6 is 0 Å². The first-order valence-electron chi connectivity index (χ1n) is 7.26. The van der Waals surface area contributed by atoms with E-state index in [0.29, 0.717) is 6.54 Å². The number of aromatic nitrogens is 4. The summed E-state index contributed by atoms with van der Waals surface area (Å²) in [6.45, 7) is 0.553. The summed E-state index contributed by atoms with van der Waals surface area (Å²) >= 11 is 0. The Morgan fingerprint density at radius 1 is 1.04 bits per heavy atom. The molecule has 23 heavy (non-hydrogen) atoms. The van der Waals surface area contributed by atoms with E-state index < -0.39 is 4.92 Å². The van der Waals surface area contributed by atoms with Crippen molar-refractivity contribution < 1.29 is 4.92 Å². The van der Waals surface area contributed by atoms with Crippen LogP contribution in [0.1, 0.15) is 12.0 Å². The van der Waals surface area contributed by atoms with Crippen LogP contribution in [0.15, 0.2) is 55.1 Å². The second kappa shape index (κ2) is 6.78. The highest BCUT2D eigenvalue weighted by Crippen LogP contribution is 2.16. The molecule has 0 unspecified atom stereocenters. The van der Waals surface area contributed by atoms with Gasteiger partial charge >= 0.3 is 5.95 Å². The van der Waals surface area contributed by atoms with Crippen LogP contribution in [0.5, 0.6) is 0 Å². The van der Waals surface area contributed by atoms with Gasteiger partial charge in [-0.1, -0.05) is 11.1 Å². The summed E-state index contributed by atoms with van der Waals surface area (Å²) in [5.74, 6) is -0.117. The van der Waals surface area contributed by atoms with Crippen LogP contribution in [0.3, 0.4) is 0 Å². The van der Waals surface area contributed by atoms with Gasteiger partial charge in [0.05, 0.1) is 17.9 Å². The highest BCUT2D eigenvalue weighted by molar-refractivity contribution is 5.54. The van der Waals surface area contributed by atoms with Crippen molar-refractivity contribution in [3.63, 3.8) is 0 Å². The number of nitrogens with zero attached hydrogens (tertiary/aromatic N) is 5. The third-order valence-electron chi connectivity index (χ3n) is 3.47. The lowest BCUT2D eigenvalue weighted by molar-refractivity contribution is -0.396. The Bertz CT molecular complexity index is 801. The highest BCUT2D eigenvalue weighted by atomic mass is 16.6. The van der Waals surface area contributed by atoms with Gasteiger partial charge in [0.2, 0.25) is 0 Å². The number of hydrogen-bond acceptors (Lipinski definition) is 5. The number of hydrogen-bond donors (Lipinski definition) is 0. The monoisotopic (exact) mass is 309 g/mol. The van der Waals surface area contributed by atoms with Crippen molar-refractivity contribution in [2.45, 2.75) is 19.4 Å². The van der Waals surface area contributed by atoms with Crippen molar-refractivity contribution in [3.8, 4) is 11.4 Å². The van der Waals surface area contributed by atoms with Gasteiger partial charge in [0, 0.05) is 12.4 Å². The molecule has 0 amide bonds. The van der Waals surface area contributed by atoms with E-state index in [1.54, 1.807) is 23.2 Å². The van der Waals surface area contributed by atoms with E-state index in [9.17, 15) is 10.1 Å². The van der Waals surface area contributed by atoms with Crippen molar-refractivity contribution in [3.05, 3.63) is 70.8 Å². The molecule has 0 saturated heterocycles. The van der Waals surface area contributed by atoms with E-state index in [-0.39, 0.29) is 5.95 Å². The van der Waals surface area contributed by atoms with Crippen LogP contribution in [0, 0.1) is 10.1 Å². The summed E-state index contributed by atoms with van der Waals surface area (Å²) < 4.78 is 1.56. The zero-order chi connectivity index (χ0) is 16.1. The molecule has 7 heteroatoms. The molecular weight excluding hydrogens is 294 g/mol. The van der Waals surface area contributed by atoms with E-state index in [0.717, 1.165) is 29.8 Å². The third kappa shape index (κ3) is 3.57. The Morgan fingerprint density at radius 3 is 2.70 bits per heavy atom. The molecule has 0 radical (unpaired) electrons. The fourth-order valence-electron chi connectivity index (χ4n) is 2.39. The molecule has 0 atom stereocenters. The average Bonchev–Trinajstić information content (AvgIpc) is 3.05. The van der Waals surface area contributed by atoms with Crippen LogP contribution in [-0.2, 0) is 13.0 Å². The molecule has 0 aliphatic rings. The van der Waals surface area contributed by atoms with Crippen molar-refractivity contribution in [2.24, 2.45) is 0 Å². The maximum atomic E-state index is 10.8. The molecule has 0 bridgehead atoms. The van der Waals surface area contributed by atoms with Crippen LogP contribution in [-0.4, -0.2) is 24.4 Å². The first-order chi connectivity index (χ1) is 11.2. The van der Waals surface area contributed by atoms with Gasteiger partial charge in [-0.3, -0.25) is 9.97 Å². The normalized spacial score (nSPS) is 10.6. The van der Waals surface area contributed by atoms with Crippen LogP contribution in [0.25, 0.3) is 11.4 Å². The van der Waals surface area contributed by atoms with Gasteiger partial charge in [0.15, 0.2) is 0 Å². The van der Waals surface area contributed by atoms with Gasteiger partial charge < -0.3 is 10.1 Å². The van der Waals surface area contributed by atoms with Gasteiger partial charge in [-0.15, -0.1) is 0 Å². The minimum atomic E-state index is -0.467. The molecule has 0 fully saturated rings. The SMILES string of the molecule is O=[N+]([O-])c1nccn1CCCc1ccnc(-c2ccccn2)c1. The molecule has 3 heterocycles. The van der Waals surface area contributed by atoms with Crippen LogP contribution in [0.2, 0.25) is 0 Å². The largest absolute Gasteiger partial charge is 0.434 e. The summed E-state index contributed by atoms with van der Waals surface area (Å²) in [6.07, 6.45) is 8.16. The van der Waals surface area contributed by atoms with Gasteiger partial charge in [-0.25, -0.2) is 4.57 Å². The Labute approximate surface area is 132 Å². The van der Waals surface area contributed by atoms with Gasteiger partial charge in [-0.05, 0) is 47.6 Å². The molecule has 3 aromatic heterocycles. The van der Waals surface area contributed by atoms with Crippen LogP contribution < -0.4 is 0 Å². The topological polar surface area (TPSA) is 86.7 Å². The minimum Gasteiger partial charge on any atom is -0.390 e. The molecule has 3 rings (SSSR count). The first-order valence-corrected chi connectivity index (χ1v) is 7.26. The van der Waals surface area contributed by atoms with Crippen molar-refractivity contribution in [1.29, 1.82) is 0 Å². The molecular formula is C16H15N5O2. The lowest BCUT2D eigenvalue weighted by atomic mass is 10.1. The second-order valence-corrected chi connectivity index (χ2v) is 5.05. The van der Waals surface area contributed by atoms with Crippen LogP contribution in [0.4, 0.5) is 5.95 Å². The maximum Gasteiger partial charge on any atom is 0.434 e. The van der Waals surface area contributed by atoms with E-state index in [2.05, 4.69) is 15.0 Å². The lowest BCUT2D eigenvalue weighted by Gasteiger charge is -2.05. The molecule has 116 valence electrons. The summed E-state index contributed by atoms with van der Waals surface area (Å²) in [6, 6.07) is 9.67. The van der Waals surface area contributed by atoms with Crippen molar-refractivity contribution >= 4 is 5.95 Å². The smallest absolute Gasteiger partial charge is 0.390 e. The first kappa shape index (κ1) is 14.8. The van der Waals surface area contributed by atoms with Gasteiger partial charge in [-0.2, -0.15) is 0 Å². The Balaban J connectivity index is 1.65. The molecule has 0 spiro atoms. The second-order valence-electron chi connectivity index (χ2n) is 5.05. The number of nitro groups is 1. The fraction of sp³-hybridized carbons (Fsp3) is 0.188. The summed E-state index contributed by atoms with van der Waals surface area (Å²) in [5.41, 5.74) is 2.79. The average molecular weight is 309 g/mol. The quantitative estimate of drug-likeness (QED) is 0.516. The fourth-order valence-corrected chi connectivity index (χ4v) is 2.39. The number of pyridine rings is 2.